The average Bonchev–Trinajstić information content (AvgIpc) is 1.79. The lowest BCUT2D eigenvalue weighted by molar-refractivity contribution is -0.126. The van der Waals surface area contributed by atoms with Crippen LogP contribution in [0.2, 0.25) is 0 Å². The van der Waals surface area contributed by atoms with Crippen LogP contribution in [-0.2, 0) is 4.79 Å². The van der Waals surface area contributed by atoms with E-state index in [1.54, 1.807) is 0 Å². The molecule has 1 aliphatic heterocycles. The van der Waals surface area contributed by atoms with Crippen LogP contribution in [0.15, 0.2) is 0 Å². The maximum atomic E-state index is 10.9. The molecule has 1 fully saturated rings. The zero-order valence-corrected chi connectivity index (χ0v) is 5.77. The van der Waals surface area contributed by atoms with Crippen LogP contribution in [0.1, 0.15) is 20.3 Å². The summed E-state index contributed by atoms with van der Waals surface area (Å²) in [7, 11) is 0. The van der Waals surface area contributed by atoms with E-state index in [2.05, 4.69) is 5.32 Å². The Hall–Kier alpha value is -0.570. The van der Waals surface area contributed by atoms with E-state index < -0.39 is 0 Å². The van der Waals surface area contributed by atoms with E-state index in [1.807, 2.05) is 13.8 Å². The summed E-state index contributed by atoms with van der Waals surface area (Å²) >= 11 is 0. The number of carbonyl (C=O) groups excluding carboxylic acids is 1. The van der Waals surface area contributed by atoms with Gasteiger partial charge in [-0.1, -0.05) is 13.8 Å². The summed E-state index contributed by atoms with van der Waals surface area (Å²) in [6, 6.07) is 0. The highest BCUT2D eigenvalue weighted by Crippen LogP contribution is 2.26. The van der Waals surface area contributed by atoms with Crippen LogP contribution < -0.4 is 11.1 Å². The van der Waals surface area contributed by atoms with Gasteiger partial charge >= 0.3 is 0 Å². The maximum Gasteiger partial charge on any atom is 0.226 e. The minimum atomic E-state index is -0.251. The van der Waals surface area contributed by atoms with Crippen LogP contribution >= 0.6 is 0 Å². The van der Waals surface area contributed by atoms with E-state index >= 15 is 0 Å². The quantitative estimate of drug-likeness (QED) is 0.475. The molecule has 1 unspecified atom stereocenters. The molecule has 1 saturated heterocycles. The molecule has 1 rings (SSSR count). The first-order chi connectivity index (χ1) is 4.02. The van der Waals surface area contributed by atoms with Gasteiger partial charge in [-0.15, -0.1) is 0 Å². The first-order valence-electron chi connectivity index (χ1n) is 3.09. The van der Waals surface area contributed by atoms with Crippen molar-refractivity contribution in [1.29, 1.82) is 0 Å². The van der Waals surface area contributed by atoms with Gasteiger partial charge in [0.05, 0.1) is 6.17 Å². The molecule has 52 valence electrons. The fourth-order valence-electron chi connectivity index (χ4n) is 1.06. The summed E-state index contributed by atoms with van der Waals surface area (Å²) in [5.41, 5.74) is 5.22. The summed E-state index contributed by atoms with van der Waals surface area (Å²) in [4.78, 5) is 10.9. The smallest absolute Gasteiger partial charge is 0.226 e. The van der Waals surface area contributed by atoms with Crippen molar-refractivity contribution >= 4 is 5.91 Å². The molecular weight excluding hydrogens is 116 g/mol. The van der Waals surface area contributed by atoms with Crippen LogP contribution in [-0.4, -0.2) is 12.1 Å². The zero-order valence-electron chi connectivity index (χ0n) is 5.77. The van der Waals surface area contributed by atoms with Crippen molar-refractivity contribution in [1.82, 2.24) is 5.32 Å². The van der Waals surface area contributed by atoms with Gasteiger partial charge in [0.1, 0.15) is 0 Å². The lowest BCUT2D eigenvalue weighted by Gasteiger charge is -2.10. The topological polar surface area (TPSA) is 55.1 Å². The van der Waals surface area contributed by atoms with Crippen molar-refractivity contribution in [3.8, 4) is 0 Å². The molecule has 0 spiro atoms. The van der Waals surface area contributed by atoms with Gasteiger partial charge in [0.2, 0.25) is 5.91 Å². The zero-order chi connectivity index (χ0) is 7.07. The molecule has 9 heavy (non-hydrogen) atoms. The Kier molecular flexibility index (Phi) is 1.24. The van der Waals surface area contributed by atoms with E-state index in [0.29, 0.717) is 0 Å². The molecule has 1 amide bonds. The molecule has 0 bridgehead atoms. The highest BCUT2D eigenvalue weighted by atomic mass is 16.2. The summed E-state index contributed by atoms with van der Waals surface area (Å²) in [6.07, 6.45) is 0.610. The average molecular weight is 128 g/mol. The van der Waals surface area contributed by atoms with Gasteiger partial charge < -0.3 is 11.1 Å². The van der Waals surface area contributed by atoms with Crippen molar-refractivity contribution in [2.24, 2.45) is 11.1 Å². The van der Waals surface area contributed by atoms with E-state index in [1.165, 1.54) is 0 Å². The number of nitrogens with two attached hydrogens (primary N) is 1. The van der Waals surface area contributed by atoms with Gasteiger partial charge in [-0.25, -0.2) is 0 Å². The van der Waals surface area contributed by atoms with Crippen molar-refractivity contribution in [2.75, 3.05) is 0 Å². The number of rotatable bonds is 0. The number of hydrogen-bond acceptors (Lipinski definition) is 2. The van der Waals surface area contributed by atoms with Crippen molar-refractivity contribution < 1.29 is 4.79 Å². The fraction of sp³-hybridized carbons (Fsp3) is 0.833. The summed E-state index contributed by atoms with van der Waals surface area (Å²) < 4.78 is 0. The van der Waals surface area contributed by atoms with E-state index in [4.69, 9.17) is 5.73 Å². The second-order valence-corrected chi connectivity index (χ2v) is 3.17. The summed E-state index contributed by atoms with van der Waals surface area (Å²) in [5, 5.41) is 2.65. The van der Waals surface area contributed by atoms with E-state index in [9.17, 15) is 4.79 Å². The molecule has 0 aromatic rings. The van der Waals surface area contributed by atoms with E-state index in [0.717, 1.165) is 6.42 Å². The molecule has 1 aliphatic rings. The fourth-order valence-corrected chi connectivity index (χ4v) is 1.06. The molecule has 1 heterocycles. The van der Waals surface area contributed by atoms with Gasteiger partial charge in [-0.2, -0.15) is 0 Å². The van der Waals surface area contributed by atoms with Crippen molar-refractivity contribution in [2.45, 2.75) is 26.4 Å². The predicted octanol–water partition coefficient (Wildman–Crippen LogP) is -0.183. The Bertz CT molecular complexity index is 142. The summed E-state index contributed by atoms with van der Waals surface area (Å²) in [5.74, 6) is 0.0648. The molecule has 0 aromatic heterocycles. The molecule has 0 saturated carbocycles. The third kappa shape index (κ3) is 1.05. The third-order valence-corrected chi connectivity index (χ3v) is 1.66. The van der Waals surface area contributed by atoms with Crippen molar-refractivity contribution in [3.63, 3.8) is 0 Å². The Balaban J connectivity index is 2.70. The standard InChI is InChI=1S/C6H12N2O/c1-6(2)3-4(7)8-5(6)9/h4H,3,7H2,1-2H3,(H,8,9). The molecule has 0 aliphatic carbocycles. The Morgan fingerprint density at radius 1 is 1.78 bits per heavy atom. The van der Waals surface area contributed by atoms with Gasteiger partial charge in [-0.3, -0.25) is 4.79 Å². The van der Waals surface area contributed by atoms with Crippen LogP contribution in [0.4, 0.5) is 0 Å². The van der Waals surface area contributed by atoms with Crippen molar-refractivity contribution in [3.05, 3.63) is 0 Å². The maximum absolute atomic E-state index is 10.9. The monoisotopic (exact) mass is 128 g/mol. The number of hydrogen-bond donors (Lipinski definition) is 2. The van der Waals surface area contributed by atoms with Gasteiger partial charge in [-0.05, 0) is 6.42 Å². The first-order valence-corrected chi connectivity index (χ1v) is 3.09. The van der Waals surface area contributed by atoms with E-state index in [-0.39, 0.29) is 17.5 Å². The number of nitrogens with one attached hydrogen (secondary N) is 1. The number of amides is 1. The van der Waals surface area contributed by atoms with Crippen LogP contribution in [0, 0.1) is 5.41 Å². The second-order valence-electron chi connectivity index (χ2n) is 3.17. The van der Waals surface area contributed by atoms with Gasteiger partial charge in [0, 0.05) is 5.41 Å². The minimum Gasteiger partial charge on any atom is -0.340 e. The highest BCUT2D eigenvalue weighted by Gasteiger charge is 2.36. The predicted molar refractivity (Wildman–Crippen MR) is 34.5 cm³/mol. The summed E-state index contributed by atoms with van der Waals surface area (Å²) in [6.45, 7) is 3.80. The van der Waals surface area contributed by atoms with Crippen LogP contribution in [0.3, 0.4) is 0 Å². The van der Waals surface area contributed by atoms with Gasteiger partial charge in [0.25, 0.3) is 0 Å². The third-order valence-electron chi connectivity index (χ3n) is 1.66. The molecular formula is C6H12N2O. The molecule has 3 N–H and O–H groups in total. The highest BCUT2D eigenvalue weighted by molar-refractivity contribution is 5.84. The Morgan fingerprint density at radius 3 is 2.44 bits per heavy atom. The Labute approximate surface area is 54.6 Å². The molecule has 1 atom stereocenters. The molecule has 0 radical (unpaired) electrons. The molecule has 3 nitrogen and oxygen atoms in total. The largest absolute Gasteiger partial charge is 0.340 e. The van der Waals surface area contributed by atoms with Crippen LogP contribution in [0.5, 0.6) is 0 Å². The Morgan fingerprint density at radius 2 is 2.33 bits per heavy atom. The molecule has 0 aromatic carbocycles. The lowest BCUT2D eigenvalue weighted by Crippen LogP contribution is -2.33. The van der Waals surface area contributed by atoms with Gasteiger partial charge in [0.15, 0.2) is 0 Å². The van der Waals surface area contributed by atoms with Crippen LogP contribution in [0.25, 0.3) is 0 Å². The number of carbonyl (C=O) groups is 1. The first kappa shape index (κ1) is 6.55. The normalized spacial score (nSPS) is 32.3. The minimum absolute atomic E-state index is 0.0648. The second kappa shape index (κ2) is 1.70. The lowest BCUT2D eigenvalue weighted by atomic mass is 9.91. The SMILES string of the molecule is CC1(C)CC(N)NC1=O. The molecule has 3 heteroatoms.